The molecule has 0 bridgehead atoms. The fraction of sp³-hybridized carbons (Fsp3) is 0.389. The zero-order valence-corrected chi connectivity index (χ0v) is 15.4. The van der Waals surface area contributed by atoms with E-state index in [1.807, 2.05) is 24.3 Å². The molecule has 3 N–H and O–H groups in total. The highest BCUT2D eigenvalue weighted by atomic mass is 35.5. The molecule has 3 rings (SSSR count). The smallest absolute Gasteiger partial charge is 0.272 e. The summed E-state index contributed by atoms with van der Waals surface area (Å²) >= 11 is 7.57. The van der Waals surface area contributed by atoms with E-state index in [0.29, 0.717) is 28.2 Å². The molecule has 1 aromatic heterocycles. The topological polar surface area (TPSA) is 80.9 Å². The summed E-state index contributed by atoms with van der Waals surface area (Å²) in [4.78, 5) is 13.3. The molecule has 0 spiro atoms. The summed E-state index contributed by atoms with van der Waals surface area (Å²) in [6.07, 6.45) is 4.35. The van der Waals surface area contributed by atoms with Gasteiger partial charge in [0.1, 0.15) is 5.03 Å². The van der Waals surface area contributed by atoms with Gasteiger partial charge in [0.05, 0.1) is 5.02 Å². The zero-order valence-electron chi connectivity index (χ0n) is 13.8. The molecule has 0 aliphatic heterocycles. The number of hydrogen-bond acceptors (Lipinski definition) is 5. The van der Waals surface area contributed by atoms with Crippen molar-refractivity contribution in [3.8, 4) is 0 Å². The number of amides is 1. The van der Waals surface area contributed by atoms with Gasteiger partial charge in [0.15, 0.2) is 5.69 Å². The lowest BCUT2D eigenvalue weighted by Gasteiger charge is -2.31. The largest absolute Gasteiger partial charge is 0.348 e. The van der Waals surface area contributed by atoms with Crippen LogP contribution in [0.15, 0.2) is 46.3 Å². The Hall–Kier alpha value is -1.63. The molecular weight excluding hydrogens is 356 g/mol. The summed E-state index contributed by atoms with van der Waals surface area (Å²) in [6.45, 7) is 0.601. The summed E-state index contributed by atoms with van der Waals surface area (Å²) in [5.74, 6) is 0.160. The van der Waals surface area contributed by atoms with Crippen molar-refractivity contribution in [3.63, 3.8) is 0 Å². The third-order valence-electron chi connectivity index (χ3n) is 4.45. The fourth-order valence-corrected chi connectivity index (χ4v) is 4.06. The van der Waals surface area contributed by atoms with Crippen LogP contribution in [-0.4, -0.2) is 28.7 Å². The van der Waals surface area contributed by atoms with Crippen molar-refractivity contribution in [1.82, 2.24) is 15.5 Å². The van der Waals surface area contributed by atoms with E-state index in [4.69, 9.17) is 17.3 Å². The van der Waals surface area contributed by atoms with Crippen LogP contribution in [-0.2, 0) is 0 Å². The first kappa shape index (κ1) is 18.2. The number of nitrogens with two attached hydrogens (primary N) is 1. The fourth-order valence-electron chi connectivity index (χ4n) is 3.06. The van der Waals surface area contributed by atoms with Gasteiger partial charge in [-0.3, -0.25) is 4.79 Å². The number of carbonyl (C=O) groups excluding carboxylic acids is 1. The molecule has 1 fully saturated rings. The number of nitrogens with zero attached hydrogens (tertiary/aromatic N) is 2. The van der Waals surface area contributed by atoms with Crippen LogP contribution in [0.3, 0.4) is 0 Å². The molecule has 1 heterocycles. The van der Waals surface area contributed by atoms with E-state index in [1.54, 1.807) is 12.1 Å². The Bertz CT molecular complexity index is 725. The molecule has 1 aliphatic rings. The van der Waals surface area contributed by atoms with Crippen LogP contribution in [0.1, 0.15) is 36.2 Å². The van der Waals surface area contributed by atoms with E-state index in [2.05, 4.69) is 15.5 Å². The van der Waals surface area contributed by atoms with Gasteiger partial charge in [0.25, 0.3) is 5.91 Å². The van der Waals surface area contributed by atoms with Crippen LogP contribution in [0, 0.1) is 5.92 Å². The number of rotatable bonds is 5. The van der Waals surface area contributed by atoms with Crippen molar-refractivity contribution < 1.29 is 4.79 Å². The average molecular weight is 377 g/mol. The second-order valence-corrected chi connectivity index (χ2v) is 7.62. The van der Waals surface area contributed by atoms with Crippen LogP contribution in [0.4, 0.5) is 0 Å². The summed E-state index contributed by atoms with van der Waals surface area (Å²) in [5, 5.41) is 12.6. The van der Waals surface area contributed by atoms with E-state index in [9.17, 15) is 4.79 Å². The summed E-state index contributed by atoms with van der Waals surface area (Å²) < 4.78 is 0. The van der Waals surface area contributed by atoms with Gasteiger partial charge in [-0.15, -0.1) is 10.2 Å². The van der Waals surface area contributed by atoms with E-state index in [-0.39, 0.29) is 11.9 Å². The first-order valence-electron chi connectivity index (χ1n) is 8.44. The molecule has 0 saturated heterocycles. The number of hydrogen-bond donors (Lipinski definition) is 2. The molecule has 5 nitrogen and oxygen atoms in total. The molecule has 2 atom stereocenters. The van der Waals surface area contributed by atoms with E-state index in [1.165, 1.54) is 18.2 Å². The first-order chi connectivity index (χ1) is 12.2. The predicted molar refractivity (Wildman–Crippen MR) is 99.9 cm³/mol. The van der Waals surface area contributed by atoms with Crippen LogP contribution < -0.4 is 11.1 Å². The average Bonchev–Trinajstić information content (AvgIpc) is 2.64. The molecule has 7 heteroatoms. The van der Waals surface area contributed by atoms with Crippen molar-refractivity contribution in [2.24, 2.45) is 11.7 Å². The van der Waals surface area contributed by atoms with Crippen molar-refractivity contribution in [3.05, 3.63) is 47.1 Å². The monoisotopic (exact) mass is 376 g/mol. The summed E-state index contributed by atoms with van der Waals surface area (Å²) in [5.41, 5.74) is 6.14. The Morgan fingerprint density at radius 3 is 2.72 bits per heavy atom. The lowest BCUT2D eigenvalue weighted by molar-refractivity contribution is 0.0901. The molecule has 1 saturated carbocycles. The maximum absolute atomic E-state index is 12.4. The SMILES string of the molecule is NCC1CCCCC1NC(=O)c1ccc(Sc2ccccc2Cl)nn1. The van der Waals surface area contributed by atoms with Gasteiger partial charge >= 0.3 is 0 Å². The van der Waals surface area contributed by atoms with Crippen molar-refractivity contribution >= 4 is 29.3 Å². The number of carbonyl (C=O) groups is 1. The number of halogens is 1. The number of benzene rings is 1. The van der Waals surface area contributed by atoms with Crippen LogP contribution in [0.5, 0.6) is 0 Å². The molecule has 1 amide bonds. The summed E-state index contributed by atoms with van der Waals surface area (Å²) in [7, 11) is 0. The van der Waals surface area contributed by atoms with Crippen LogP contribution in [0.2, 0.25) is 5.02 Å². The molecule has 1 aromatic carbocycles. The molecule has 25 heavy (non-hydrogen) atoms. The van der Waals surface area contributed by atoms with Gasteiger partial charge in [-0.2, -0.15) is 0 Å². The van der Waals surface area contributed by atoms with Gasteiger partial charge < -0.3 is 11.1 Å². The molecule has 0 radical (unpaired) electrons. The van der Waals surface area contributed by atoms with E-state index < -0.39 is 0 Å². The third kappa shape index (κ3) is 4.71. The second-order valence-electron chi connectivity index (χ2n) is 6.15. The first-order valence-corrected chi connectivity index (χ1v) is 9.64. The lowest BCUT2D eigenvalue weighted by atomic mass is 9.84. The maximum atomic E-state index is 12.4. The Labute approximate surface area is 156 Å². The molecule has 1 aliphatic carbocycles. The number of aromatic nitrogens is 2. The molecular formula is C18H21ClN4OS. The highest BCUT2D eigenvalue weighted by Crippen LogP contribution is 2.31. The quantitative estimate of drug-likeness (QED) is 0.834. The van der Waals surface area contributed by atoms with Crippen LogP contribution in [0.25, 0.3) is 0 Å². The minimum Gasteiger partial charge on any atom is -0.348 e. The second kappa shape index (κ2) is 8.65. The Balaban J connectivity index is 1.63. The molecule has 132 valence electrons. The Kier molecular flexibility index (Phi) is 6.29. The maximum Gasteiger partial charge on any atom is 0.272 e. The minimum absolute atomic E-state index is 0.130. The lowest BCUT2D eigenvalue weighted by Crippen LogP contribution is -2.45. The van der Waals surface area contributed by atoms with Crippen molar-refractivity contribution in [2.75, 3.05) is 6.54 Å². The van der Waals surface area contributed by atoms with Gasteiger partial charge in [-0.25, -0.2) is 0 Å². The van der Waals surface area contributed by atoms with E-state index in [0.717, 1.165) is 24.2 Å². The number of nitrogens with one attached hydrogen (secondary N) is 1. The molecule has 2 unspecified atom stereocenters. The van der Waals surface area contributed by atoms with E-state index >= 15 is 0 Å². The Morgan fingerprint density at radius 1 is 1.20 bits per heavy atom. The predicted octanol–water partition coefficient (Wildman–Crippen LogP) is 3.53. The van der Waals surface area contributed by atoms with Crippen molar-refractivity contribution in [1.29, 1.82) is 0 Å². The van der Waals surface area contributed by atoms with Crippen LogP contribution >= 0.6 is 23.4 Å². The van der Waals surface area contributed by atoms with Gasteiger partial charge in [0.2, 0.25) is 0 Å². The standard InChI is InChI=1S/C18H21ClN4OS/c19-13-6-2-4-8-16(13)25-17-10-9-15(22-23-17)18(24)21-14-7-3-1-5-12(14)11-20/h2,4,6,8-10,12,14H,1,3,5,7,11,20H2,(H,21,24). The van der Waals surface area contributed by atoms with Gasteiger partial charge in [0, 0.05) is 10.9 Å². The van der Waals surface area contributed by atoms with Gasteiger partial charge in [-0.05, 0) is 49.6 Å². The zero-order chi connectivity index (χ0) is 17.6. The third-order valence-corrected chi connectivity index (χ3v) is 5.90. The Morgan fingerprint density at radius 2 is 2.00 bits per heavy atom. The van der Waals surface area contributed by atoms with Crippen molar-refractivity contribution in [2.45, 2.75) is 41.6 Å². The molecule has 2 aromatic rings. The van der Waals surface area contributed by atoms with Gasteiger partial charge in [-0.1, -0.05) is 48.3 Å². The highest BCUT2D eigenvalue weighted by Gasteiger charge is 2.26. The normalized spacial score (nSPS) is 20.2. The highest BCUT2D eigenvalue weighted by molar-refractivity contribution is 7.99. The summed E-state index contributed by atoms with van der Waals surface area (Å²) in [6, 6.07) is 11.2. The minimum atomic E-state index is -0.188.